The molecule has 2 N–H and O–H groups in total. The van der Waals surface area contributed by atoms with Gasteiger partial charge in [-0.25, -0.2) is 4.79 Å². The topological polar surface area (TPSA) is 53.6 Å². The lowest BCUT2D eigenvalue weighted by atomic mass is 9.99. The van der Waals surface area contributed by atoms with Crippen LogP contribution >= 0.6 is 0 Å². The summed E-state index contributed by atoms with van der Waals surface area (Å²) in [6.45, 7) is 5.41. The van der Waals surface area contributed by atoms with Crippen LogP contribution in [0.2, 0.25) is 0 Å². The lowest BCUT2D eigenvalue weighted by Crippen LogP contribution is -2.47. The van der Waals surface area contributed by atoms with Crippen LogP contribution in [0.1, 0.15) is 26.2 Å². The summed E-state index contributed by atoms with van der Waals surface area (Å²) in [7, 11) is 1.41. The summed E-state index contributed by atoms with van der Waals surface area (Å²) in [6, 6.07) is 1.55. The highest BCUT2D eigenvalue weighted by Crippen LogP contribution is 2.20. The minimum Gasteiger partial charge on any atom is -0.453 e. The van der Waals surface area contributed by atoms with Gasteiger partial charge in [-0.15, -0.1) is 0 Å². The van der Waals surface area contributed by atoms with Crippen molar-refractivity contribution in [3.8, 4) is 0 Å². The number of likely N-dealkylation sites (tertiary alicyclic amines) is 1. The van der Waals surface area contributed by atoms with E-state index in [9.17, 15) is 4.79 Å². The first kappa shape index (κ1) is 12.6. The molecule has 0 radical (unpaired) electrons. The Balaban J connectivity index is 1.78. The molecule has 0 aromatic carbocycles. The van der Waals surface area contributed by atoms with Crippen molar-refractivity contribution in [3.63, 3.8) is 0 Å². The molecular formula is C12H23N3O2. The predicted molar refractivity (Wildman–Crippen MR) is 66.0 cm³/mol. The van der Waals surface area contributed by atoms with Crippen molar-refractivity contribution >= 4 is 6.09 Å². The molecule has 0 aromatic rings. The van der Waals surface area contributed by atoms with Crippen LogP contribution in [-0.2, 0) is 4.74 Å². The zero-order valence-electron chi connectivity index (χ0n) is 10.7. The summed E-state index contributed by atoms with van der Waals surface area (Å²) < 4.78 is 4.63. The average molecular weight is 241 g/mol. The van der Waals surface area contributed by atoms with Crippen molar-refractivity contribution in [2.75, 3.05) is 26.7 Å². The molecule has 2 fully saturated rings. The number of ether oxygens (including phenoxy) is 1. The fourth-order valence-electron chi connectivity index (χ4n) is 2.90. The third-order valence-electron chi connectivity index (χ3n) is 3.84. The number of methoxy groups -OCH3 is 1. The summed E-state index contributed by atoms with van der Waals surface area (Å²) in [5.74, 6) is 0. The lowest BCUT2D eigenvalue weighted by molar-refractivity contribution is 0.159. The molecule has 5 nitrogen and oxygen atoms in total. The number of hydrogen-bond donors (Lipinski definition) is 2. The van der Waals surface area contributed by atoms with Crippen molar-refractivity contribution in [2.45, 2.75) is 44.3 Å². The van der Waals surface area contributed by atoms with Gasteiger partial charge >= 0.3 is 6.09 Å². The lowest BCUT2D eigenvalue weighted by Gasteiger charge is -2.34. The predicted octanol–water partition coefficient (Wildman–Crippen LogP) is 0.557. The number of amides is 1. The summed E-state index contributed by atoms with van der Waals surface area (Å²) in [5, 5.41) is 6.36. The van der Waals surface area contributed by atoms with Gasteiger partial charge in [-0.3, -0.25) is 4.90 Å². The molecule has 0 aliphatic carbocycles. The van der Waals surface area contributed by atoms with Crippen LogP contribution in [0.4, 0.5) is 4.79 Å². The van der Waals surface area contributed by atoms with Crippen molar-refractivity contribution in [1.82, 2.24) is 15.5 Å². The fraction of sp³-hybridized carbons (Fsp3) is 0.917. The smallest absolute Gasteiger partial charge is 0.407 e. The summed E-state index contributed by atoms with van der Waals surface area (Å²) in [4.78, 5) is 13.7. The SMILES string of the molecule is COC(=O)NC1CCN(C2CCNC(C)C2)C1. The van der Waals surface area contributed by atoms with Crippen LogP contribution in [-0.4, -0.2) is 55.9 Å². The molecule has 5 heteroatoms. The quantitative estimate of drug-likeness (QED) is 0.741. The molecule has 2 heterocycles. The molecule has 2 saturated heterocycles. The van der Waals surface area contributed by atoms with Crippen molar-refractivity contribution < 1.29 is 9.53 Å². The minimum atomic E-state index is -0.310. The normalized spacial score (nSPS) is 34.6. The Bertz CT molecular complexity index is 272. The number of alkyl carbamates (subject to hydrolysis) is 1. The number of rotatable bonds is 2. The Hall–Kier alpha value is -0.810. The fourth-order valence-corrected chi connectivity index (χ4v) is 2.90. The minimum absolute atomic E-state index is 0.257. The molecule has 2 aliphatic heterocycles. The van der Waals surface area contributed by atoms with Gasteiger partial charge in [0.05, 0.1) is 7.11 Å². The Morgan fingerprint density at radius 2 is 2.29 bits per heavy atom. The van der Waals surface area contributed by atoms with E-state index >= 15 is 0 Å². The van der Waals surface area contributed by atoms with Crippen molar-refractivity contribution in [2.24, 2.45) is 0 Å². The van der Waals surface area contributed by atoms with Gasteiger partial charge in [-0.05, 0) is 32.7 Å². The Labute approximate surface area is 103 Å². The molecule has 17 heavy (non-hydrogen) atoms. The second-order valence-corrected chi connectivity index (χ2v) is 5.15. The van der Waals surface area contributed by atoms with E-state index in [4.69, 9.17) is 0 Å². The van der Waals surface area contributed by atoms with Crippen molar-refractivity contribution in [3.05, 3.63) is 0 Å². The molecule has 0 spiro atoms. The third kappa shape index (κ3) is 3.33. The Kier molecular flexibility index (Phi) is 4.23. The number of piperidine rings is 1. The van der Waals surface area contributed by atoms with Crippen LogP contribution in [0.5, 0.6) is 0 Å². The van der Waals surface area contributed by atoms with E-state index in [2.05, 4.69) is 27.2 Å². The highest BCUT2D eigenvalue weighted by Gasteiger charge is 2.31. The molecule has 0 bridgehead atoms. The Morgan fingerprint density at radius 3 is 3.00 bits per heavy atom. The highest BCUT2D eigenvalue weighted by molar-refractivity contribution is 5.67. The molecule has 0 saturated carbocycles. The third-order valence-corrected chi connectivity index (χ3v) is 3.84. The van der Waals surface area contributed by atoms with E-state index in [0.29, 0.717) is 12.1 Å². The summed E-state index contributed by atoms with van der Waals surface area (Å²) in [6.07, 6.45) is 3.16. The maximum absolute atomic E-state index is 11.1. The van der Waals surface area contributed by atoms with E-state index in [1.165, 1.54) is 20.0 Å². The van der Waals surface area contributed by atoms with Crippen LogP contribution in [0.25, 0.3) is 0 Å². The molecule has 1 amide bonds. The first-order valence-electron chi connectivity index (χ1n) is 6.51. The van der Waals surface area contributed by atoms with E-state index in [1.54, 1.807) is 0 Å². The second-order valence-electron chi connectivity index (χ2n) is 5.15. The zero-order chi connectivity index (χ0) is 12.3. The highest BCUT2D eigenvalue weighted by atomic mass is 16.5. The first-order valence-corrected chi connectivity index (χ1v) is 6.51. The van der Waals surface area contributed by atoms with Crippen LogP contribution in [0.3, 0.4) is 0 Å². The second kappa shape index (κ2) is 5.69. The number of nitrogens with one attached hydrogen (secondary N) is 2. The number of nitrogens with zero attached hydrogens (tertiary/aromatic N) is 1. The van der Waals surface area contributed by atoms with Gasteiger partial charge < -0.3 is 15.4 Å². The van der Waals surface area contributed by atoms with Gasteiger partial charge in [0.15, 0.2) is 0 Å². The number of carbonyl (C=O) groups is 1. The average Bonchev–Trinajstić information content (AvgIpc) is 2.77. The van der Waals surface area contributed by atoms with E-state index < -0.39 is 0 Å². The van der Waals surface area contributed by atoms with Crippen LogP contribution < -0.4 is 10.6 Å². The van der Waals surface area contributed by atoms with Gasteiger partial charge in [0.25, 0.3) is 0 Å². The van der Waals surface area contributed by atoms with Gasteiger partial charge in [0.1, 0.15) is 0 Å². The number of carbonyl (C=O) groups excluding carboxylic acids is 1. The van der Waals surface area contributed by atoms with Gasteiger partial charge in [0.2, 0.25) is 0 Å². The van der Waals surface area contributed by atoms with E-state index in [1.807, 2.05) is 0 Å². The monoisotopic (exact) mass is 241 g/mol. The molecule has 0 aromatic heterocycles. The largest absolute Gasteiger partial charge is 0.453 e. The zero-order valence-corrected chi connectivity index (χ0v) is 10.7. The van der Waals surface area contributed by atoms with Crippen LogP contribution in [0.15, 0.2) is 0 Å². The molecular weight excluding hydrogens is 218 g/mol. The summed E-state index contributed by atoms with van der Waals surface area (Å²) in [5.41, 5.74) is 0. The van der Waals surface area contributed by atoms with Gasteiger partial charge in [0, 0.05) is 31.2 Å². The van der Waals surface area contributed by atoms with Crippen molar-refractivity contribution in [1.29, 1.82) is 0 Å². The Morgan fingerprint density at radius 1 is 1.47 bits per heavy atom. The molecule has 98 valence electrons. The van der Waals surface area contributed by atoms with E-state index in [0.717, 1.165) is 26.1 Å². The van der Waals surface area contributed by atoms with Gasteiger partial charge in [-0.1, -0.05) is 0 Å². The maximum Gasteiger partial charge on any atom is 0.407 e. The van der Waals surface area contributed by atoms with Crippen LogP contribution in [0, 0.1) is 0 Å². The molecule has 2 rings (SSSR count). The molecule has 3 unspecified atom stereocenters. The van der Waals surface area contributed by atoms with E-state index in [-0.39, 0.29) is 12.1 Å². The standard InChI is InChI=1S/C12H23N3O2/c1-9-7-11(3-5-13-9)15-6-4-10(8-15)14-12(16)17-2/h9-11,13H,3-8H2,1-2H3,(H,14,16). The maximum atomic E-state index is 11.1. The number of hydrogen-bond acceptors (Lipinski definition) is 4. The molecule has 3 atom stereocenters. The van der Waals surface area contributed by atoms with Gasteiger partial charge in [-0.2, -0.15) is 0 Å². The summed E-state index contributed by atoms with van der Waals surface area (Å²) >= 11 is 0. The molecule has 2 aliphatic rings. The first-order chi connectivity index (χ1) is 8.19.